The van der Waals surface area contributed by atoms with Crippen LogP contribution in [0.15, 0.2) is 53.7 Å². The lowest BCUT2D eigenvalue weighted by atomic mass is 9.95. The molecule has 23 heavy (non-hydrogen) atoms. The van der Waals surface area contributed by atoms with Crippen molar-refractivity contribution in [2.45, 2.75) is 6.42 Å². The lowest BCUT2D eigenvalue weighted by molar-refractivity contribution is -0.118. The smallest absolute Gasteiger partial charge is 0.243 e. The first-order valence-electron chi connectivity index (χ1n) is 7.14. The first-order valence-corrected chi connectivity index (χ1v) is 7.14. The Morgan fingerprint density at radius 2 is 2.00 bits per heavy atom. The highest BCUT2D eigenvalue weighted by atomic mass is 16.5. The van der Waals surface area contributed by atoms with Gasteiger partial charge in [-0.2, -0.15) is 0 Å². The predicted octanol–water partition coefficient (Wildman–Crippen LogP) is 2.67. The average molecular weight is 312 g/mol. The highest BCUT2D eigenvalue weighted by molar-refractivity contribution is 6.07. The van der Waals surface area contributed by atoms with E-state index >= 15 is 0 Å². The Labute approximate surface area is 133 Å². The van der Waals surface area contributed by atoms with Crippen LogP contribution >= 0.6 is 0 Å². The number of methoxy groups -OCH3 is 1. The average Bonchev–Trinajstić information content (AvgIpc) is 2.61. The summed E-state index contributed by atoms with van der Waals surface area (Å²) in [6.45, 7) is 0. The minimum Gasteiger partial charge on any atom is -0.497 e. The van der Waals surface area contributed by atoms with E-state index in [1.54, 1.807) is 37.4 Å². The van der Waals surface area contributed by atoms with Gasteiger partial charge in [0.1, 0.15) is 17.4 Å². The number of carbonyl (C=O) groups is 1. The van der Waals surface area contributed by atoms with Crippen molar-refractivity contribution in [3.8, 4) is 11.5 Å². The van der Waals surface area contributed by atoms with Crippen LogP contribution in [0.2, 0.25) is 0 Å². The summed E-state index contributed by atoms with van der Waals surface area (Å²) in [5.74, 6) is 0.327. The van der Waals surface area contributed by atoms with E-state index in [4.69, 9.17) is 14.7 Å². The van der Waals surface area contributed by atoms with E-state index in [0.29, 0.717) is 23.6 Å². The number of amides is 1. The van der Waals surface area contributed by atoms with Crippen LogP contribution in [-0.2, 0) is 11.2 Å². The Morgan fingerprint density at radius 1 is 1.26 bits per heavy atom. The zero-order chi connectivity index (χ0) is 16.2. The van der Waals surface area contributed by atoms with E-state index in [0.717, 1.165) is 5.56 Å². The van der Waals surface area contributed by atoms with E-state index < -0.39 is 5.92 Å². The number of ether oxygens (including phenoxy) is 2. The molecule has 0 saturated carbocycles. The maximum Gasteiger partial charge on any atom is 0.243 e. The minimum absolute atomic E-state index is 0.00490. The first-order chi connectivity index (χ1) is 11.2. The molecule has 0 aliphatic carbocycles. The van der Waals surface area contributed by atoms with Crippen molar-refractivity contribution < 1.29 is 19.5 Å². The molecule has 0 spiro atoms. The molecule has 2 aromatic rings. The van der Waals surface area contributed by atoms with Gasteiger partial charge in [-0.15, -0.1) is 0 Å². The third-order valence-corrected chi connectivity index (χ3v) is 3.68. The minimum atomic E-state index is -0.683. The molecule has 3 rings (SSSR count). The Balaban J connectivity index is 1.78. The number of hydrogen-bond donors (Lipinski definition) is 2. The van der Waals surface area contributed by atoms with Crippen LogP contribution in [0.5, 0.6) is 11.5 Å². The summed E-state index contributed by atoms with van der Waals surface area (Å²) in [6.07, 6.45) is 0.414. The van der Waals surface area contributed by atoms with E-state index in [1.165, 1.54) is 0 Å². The Kier molecular flexibility index (Phi) is 4.14. The number of fused-ring (bicyclic) bond motifs is 1. The third-order valence-electron chi connectivity index (χ3n) is 3.68. The summed E-state index contributed by atoms with van der Waals surface area (Å²) in [5, 5.41) is 15.1. The zero-order valence-corrected chi connectivity index (χ0v) is 12.5. The van der Waals surface area contributed by atoms with Crippen molar-refractivity contribution in [2.24, 2.45) is 11.1 Å². The molecule has 1 aliphatic rings. The van der Waals surface area contributed by atoms with E-state index in [1.807, 2.05) is 18.2 Å². The molecule has 1 atom stereocenters. The number of rotatable bonds is 3. The van der Waals surface area contributed by atoms with Crippen LogP contribution < -0.4 is 14.8 Å². The van der Waals surface area contributed by atoms with Crippen molar-refractivity contribution in [1.82, 2.24) is 0 Å². The Morgan fingerprint density at radius 3 is 2.70 bits per heavy atom. The Bertz CT molecular complexity index is 741. The molecule has 1 amide bonds. The van der Waals surface area contributed by atoms with Crippen molar-refractivity contribution >= 4 is 17.5 Å². The summed E-state index contributed by atoms with van der Waals surface area (Å²) < 4.78 is 10.6. The van der Waals surface area contributed by atoms with Gasteiger partial charge in [0, 0.05) is 5.69 Å². The van der Waals surface area contributed by atoms with Gasteiger partial charge in [-0.25, -0.2) is 0 Å². The number of nitrogens with zero attached hydrogens (tertiary/aromatic N) is 1. The fourth-order valence-corrected chi connectivity index (χ4v) is 2.46. The second kappa shape index (κ2) is 6.39. The molecule has 1 heterocycles. The lowest BCUT2D eigenvalue weighted by Gasteiger charge is -2.24. The molecule has 118 valence electrons. The van der Waals surface area contributed by atoms with Gasteiger partial charge in [-0.05, 0) is 42.3 Å². The van der Waals surface area contributed by atoms with Crippen molar-refractivity contribution in [2.75, 3.05) is 12.4 Å². The van der Waals surface area contributed by atoms with Gasteiger partial charge < -0.3 is 20.0 Å². The Hall–Kier alpha value is -3.02. The van der Waals surface area contributed by atoms with Crippen LogP contribution in [0.25, 0.3) is 0 Å². The number of oxime groups is 1. The highest BCUT2D eigenvalue weighted by Crippen LogP contribution is 2.29. The fourth-order valence-electron chi connectivity index (χ4n) is 2.46. The van der Waals surface area contributed by atoms with Crippen LogP contribution in [-0.4, -0.2) is 24.1 Å². The monoisotopic (exact) mass is 312 g/mol. The topological polar surface area (TPSA) is 80.2 Å². The van der Waals surface area contributed by atoms with Gasteiger partial charge in [0.2, 0.25) is 11.8 Å². The van der Waals surface area contributed by atoms with Gasteiger partial charge in [-0.1, -0.05) is 23.4 Å². The second-order valence-electron chi connectivity index (χ2n) is 5.12. The largest absolute Gasteiger partial charge is 0.497 e. The summed E-state index contributed by atoms with van der Waals surface area (Å²) in [4.78, 5) is 12.5. The molecule has 0 fully saturated rings. The molecule has 1 aliphatic heterocycles. The summed E-state index contributed by atoms with van der Waals surface area (Å²) in [7, 11) is 1.58. The number of para-hydroxylation sites is 1. The zero-order valence-electron chi connectivity index (χ0n) is 12.5. The molecule has 2 aromatic carbocycles. The van der Waals surface area contributed by atoms with Crippen LogP contribution in [0, 0.1) is 5.92 Å². The molecule has 0 unspecified atom stereocenters. The predicted molar refractivity (Wildman–Crippen MR) is 85.1 cm³/mol. The van der Waals surface area contributed by atoms with Crippen LogP contribution in [0.1, 0.15) is 5.56 Å². The highest BCUT2D eigenvalue weighted by Gasteiger charge is 2.33. The van der Waals surface area contributed by atoms with Gasteiger partial charge in [0.25, 0.3) is 0 Å². The number of nitrogens with one attached hydrogen (secondary N) is 1. The third kappa shape index (κ3) is 3.11. The molecular weight excluding hydrogens is 296 g/mol. The van der Waals surface area contributed by atoms with Crippen molar-refractivity contribution in [3.05, 3.63) is 54.1 Å². The van der Waals surface area contributed by atoms with Crippen molar-refractivity contribution in [3.63, 3.8) is 0 Å². The fraction of sp³-hybridized carbons (Fsp3) is 0.176. The number of hydrogen-bond acceptors (Lipinski definition) is 5. The molecular formula is C17H16N2O4. The number of anilines is 1. The SMILES string of the molecule is COc1ccc(NC(=O)[C@@H]2Cc3ccccc3O/C2=N/O)cc1. The van der Waals surface area contributed by atoms with Gasteiger partial charge >= 0.3 is 0 Å². The van der Waals surface area contributed by atoms with E-state index in [-0.39, 0.29) is 11.8 Å². The second-order valence-corrected chi connectivity index (χ2v) is 5.12. The maximum atomic E-state index is 12.5. The summed E-state index contributed by atoms with van der Waals surface area (Å²) >= 11 is 0. The first kappa shape index (κ1) is 14.9. The van der Waals surface area contributed by atoms with Crippen LogP contribution in [0.3, 0.4) is 0 Å². The molecule has 0 saturated heterocycles. The maximum absolute atomic E-state index is 12.5. The molecule has 6 nitrogen and oxygen atoms in total. The van der Waals surface area contributed by atoms with E-state index in [2.05, 4.69) is 10.5 Å². The van der Waals surface area contributed by atoms with Gasteiger partial charge in [0.15, 0.2) is 0 Å². The lowest BCUT2D eigenvalue weighted by Crippen LogP contribution is -2.37. The summed E-state index contributed by atoms with van der Waals surface area (Å²) in [5.41, 5.74) is 1.53. The molecule has 0 radical (unpaired) electrons. The number of benzene rings is 2. The number of carbonyl (C=O) groups excluding carboxylic acids is 1. The standard InChI is InChI=1S/C17H16N2O4/c1-22-13-8-6-12(7-9-13)18-16(20)14-10-11-4-2-3-5-15(11)23-17(14)19-21/h2-9,14,21H,10H2,1H3,(H,18,20)/b19-17+/t14-/m0/s1. The summed E-state index contributed by atoms with van der Waals surface area (Å²) in [6, 6.07) is 14.4. The quantitative estimate of drug-likeness (QED) is 0.674. The van der Waals surface area contributed by atoms with Crippen molar-refractivity contribution in [1.29, 1.82) is 0 Å². The van der Waals surface area contributed by atoms with Gasteiger partial charge in [0.05, 0.1) is 7.11 Å². The van der Waals surface area contributed by atoms with Gasteiger partial charge in [-0.3, -0.25) is 4.79 Å². The normalized spacial score (nSPS) is 18.0. The molecule has 0 aromatic heterocycles. The van der Waals surface area contributed by atoms with E-state index in [9.17, 15) is 4.79 Å². The molecule has 2 N–H and O–H groups in total. The molecule has 6 heteroatoms. The van der Waals surface area contributed by atoms with Crippen LogP contribution in [0.4, 0.5) is 5.69 Å². The molecule has 0 bridgehead atoms.